The van der Waals surface area contributed by atoms with Crippen molar-refractivity contribution in [2.24, 2.45) is 5.92 Å². The zero-order valence-corrected chi connectivity index (χ0v) is 14.7. The van der Waals surface area contributed by atoms with Crippen LogP contribution in [-0.2, 0) is 0 Å². The molecule has 1 amide bonds. The molecule has 1 N–H and O–H groups in total. The van der Waals surface area contributed by atoms with Crippen LogP contribution in [0.3, 0.4) is 0 Å². The van der Waals surface area contributed by atoms with E-state index in [0.717, 1.165) is 12.8 Å². The van der Waals surface area contributed by atoms with Gasteiger partial charge < -0.3 is 14.8 Å². The van der Waals surface area contributed by atoms with Crippen molar-refractivity contribution in [2.45, 2.75) is 31.5 Å². The second-order valence-electron chi connectivity index (χ2n) is 4.87. The third-order valence-electron chi connectivity index (χ3n) is 3.67. The molecule has 118 valence electrons. The van der Waals surface area contributed by atoms with Crippen molar-refractivity contribution in [1.82, 2.24) is 5.32 Å². The highest BCUT2D eigenvalue weighted by Gasteiger charge is 2.18. The lowest BCUT2D eigenvalue weighted by atomic mass is 9.99. The smallest absolute Gasteiger partial charge is 0.255 e. The molecule has 0 aliphatic rings. The van der Waals surface area contributed by atoms with Gasteiger partial charge in [-0.05, 0) is 18.1 Å². The van der Waals surface area contributed by atoms with Gasteiger partial charge in [-0.15, -0.1) is 0 Å². The minimum absolute atomic E-state index is 0.134. The Kier molecular flexibility index (Phi) is 7.57. The second-order valence-corrected chi connectivity index (χ2v) is 6.04. The van der Waals surface area contributed by atoms with Gasteiger partial charge in [-0.1, -0.05) is 42.6 Å². The van der Waals surface area contributed by atoms with Gasteiger partial charge >= 0.3 is 0 Å². The highest BCUT2D eigenvalue weighted by molar-refractivity contribution is 9.09. The summed E-state index contributed by atoms with van der Waals surface area (Å²) in [5.41, 5.74) is 0.516. The van der Waals surface area contributed by atoms with Crippen LogP contribution in [0.25, 0.3) is 0 Å². The Morgan fingerprint density at radius 2 is 1.90 bits per heavy atom. The zero-order chi connectivity index (χ0) is 15.8. The molecule has 1 aromatic rings. The molecule has 0 radical (unpaired) electrons. The minimum atomic E-state index is -0.134. The molecule has 1 unspecified atom stereocenters. The predicted molar refractivity (Wildman–Crippen MR) is 88.7 cm³/mol. The Hall–Kier alpha value is -1.23. The van der Waals surface area contributed by atoms with Crippen LogP contribution in [0.4, 0.5) is 0 Å². The van der Waals surface area contributed by atoms with Crippen LogP contribution >= 0.6 is 15.9 Å². The number of benzene rings is 1. The first kappa shape index (κ1) is 17.8. The summed E-state index contributed by atoms with van der Waals surface area (Å²) in [6, 6.07) is 5.18. The van der Waals surface area contributed by atoms with Gasteiger partial charge in [0.1, 0.15) is 11.5 Å². The summed E-state index contributed by atoms with van der Waals surface area (Å²) in [5, 5.41) is 2.95. The van der Waals surface area contributed by atoms with Crippen LogP contribution in [0.5, 0.6) is 11.5 Å². The largest absolute Gasteiger partial charge is 0.497 e. The predicted octanol–water partition coefficient (Wildman–Crippen LogP) is 3.63. The molecule has 0 saturated heterocycles. The van der Waals surface area contributed by atoms with E-state index in [1.165, 1.54) is 0 Å². The lowest BCUT2D eigenvalue weighted by Gasteiger charge is -2.20. The van der Waals surface area contributed by atoms with Gasteiger partial charge in [0.05, 0.1) is 19.8 Å². The molecule has 1 aromatic carbocycles. The van der Waals surface area contributed by atoms with Crippen LogP contribution in [-0.4, -0.2) is 31.5 Å². The molecule has 4 nitrogen and oxygen atoms in total. The zero-order valence-electron chi connectivity index (χ0n) is 13.1. The van der Waals surface area contributed by atoms with Crippen molar-refractivity contribution >= 4 is 21.8 Å². The lowest BCUT2D eigenvalue weighted by molar-refractivity contribution is 0.0949. The molecule has 0 aliphatic carbocycles. The number of rotatable bonds is 8. The number of carbonyl (C=O) groups excluding carboxylic acids is 1. The molecule has 0 aromatic heterocycles. The molecule has 1 rings (SSSR count). The summed E-state index contributed by atoms with van der Waals surface area (Å²) in [6.07, 6.45) is 2.18. The van der Waals surface area contributed by atoms with E-state index in [4.69, 9.17) is 9.47 Å². The molecule has 1 atom stereocenters. The molecule has 0 aliphatic heterocycles. The quantitative estimate of drug-likeness (QED) is 0.722. The van der Waals surface area contributed by atoms with E-state index in [2.05, 4.69) is 35.1 Å². The minimum Gasteiger partial charge on any atom is -0.497 e. The molecule has 0 bridgehead atoms. The topological polar surface area (TPSA) is 47.6 Å². The van der Waals surface area contributed by atoms with Crippen LogP contribution < -0.4 is 14.8 Å². The van der Waals surface area contributed by atoms with E-state index < -0.39 is 0 Å². The average Bonchev–Trinajstić information content (AvgIpc) is 2.52. The molecule has 5 heteroatoms. The maximum Gasteiger partial charge on any atom is 0.255 e. The van der Waals surface area contributed by atoms with Crippen molar-refractivity contribution in [2.75, 3.05) is 20.8 Å². The summed E-state index contributed by atoms with van der Waals surface area (Å²) >= 11 is 3.66. The molecule has 0 heterocycles. The second kappa shape index (κ2) is 8.93. The first-order chi connectivity index (χ1) is 10.1. The Morgan fingerprint density at radius 1 is 1.24 bits per heavy atom. The molecular formula is C16H24BrNO3. The fourth-order valence-corrected chi connectivity index (χ4v) is 3.15. The van der Waals surface area contributed by atoms with Gasteiger partial charge in [0, 0.05) is 17.4 Å². The van der Waals surface area contributed by atoms with E-state index in [1.54, 1.807) is 32.4 Å². The number of hydrogen-bond acceptors (Lipinski definition) is 3. The number of ether oxygens (including phenoxy) is 2. The number of amides is 1. The third kappa shape index (κ3) is 4.92. The third-order valence-corrected chi connectivity index (χ3v) is 4.74. The van der Waals surface area contributed by atoms with Gasteiger partial charge in [-0.3, -0.25) is 4.79 Å². The van der Waals surface area contributed by atoms with Crippen LogP contribution in [0, 0.1) is 5.92 Å². The van der Waals surface area contributed by atoms with Crippen molar-refractivity contribution in [3.8, 4) is 11.5 Å². The van der Waals surface area contributed by atoms with Crippen LogP contribution in [0.2, 0.25) is 0 Å². The molecule has 21 heavy (non-hydrogen) atoms. The summed E-state index contributed by atoms with van der Waals surface area (Å²) in [7, 11) is 3.13. The maximum absolute atomic E-state index is 12.3. The standard InChI is InChI=1S/C16H24BrNO3/c1-5-11(6-2)14(17)10-18-16(19)13-8-7-12(20-3)9-15(13)21-4/h7-9,11,14H,5-6,10H2,1-4H3,(H,18,19). The number of halogens is 1. The SMILES string of the molecule is CCC(CC)C(Br)CNC(=O)c1ccc(OC)cc1OC. The number of carbonyl (C=O) groups is 1. The van der Waals surface area contributed by atoms with Crippen LogP contribution in [0.15, 0.2) is 18.2 Å². The molecule has 0 spiro atoms. The Labute approximate surface area is 135 Å². The molecule has 0 fully saturated rings. The van der Waals surface area contributed by atoms with E-state index >= 15 is 0 Å². The van der Waals surface area contributed by atoms with Gasteiger partial charge in [-0.25, -0.2) is 0 Å². The van der Waals surface area contributed by atoms with Gasteiger partial charge in [0.15, 0.2) is 0 Å². The lowest BCUT2D eigenvalue weighted by Crippen LogP contribution is -2.33. The maximum atomic E-state index is 12.3. The monoisotopic (exact) mass is 357 g/mol. The Morgan fingerprint density at radius 3 is 2.43 bits per heavy atom. The van der Waals surface area contributed by atoms with Gasteiger partial charge in [-0.2, -0.15) is 0 Å². The van der Waals surface area contributed by atoms with Crippen molar-refractivity contribution in [3.63, 3.8) is 0 Å². The number of alkyl halides is 1. The van der Waals surface area contributed by atoms with E-state index in [1.807, 2.05) is 0 Å². The van der Waals surface area contributed by atoms with Crippen molar-refractivity contribution in [1.29, 1.82) is 0 Å². The van der Waals surface area contributed by atoms with E-state index in [-0.39, 0.29) is 10.7 Å². The first-order valence-corrected chi connectivity index (χ1v) is 8.13. The average molecular weight is 358 g/mol. The van der Waals surface area contributed by atoms with Gasteiger partial charge in [0.25, 0.3) is 5.91 Å². The summed E-state index contributed by atoms with van der Waals surface area (Å²) in [5.74, 6) is 1.60. The van der Waals surface area contributed by atoms with Crippen molar-refractivity contribution in [3.05, 3.63) is 23.8 Å². The summed E-state index contributed by atoms with van der Waals surface area (Å²) in [4.78, 5) is 12.6. The van der Waals surface area contributed by atoms with Gasteiger partial charge in [0.2, 0.25) is 0 Å². The van der Waals surface area contributed by atoms with E-state index in [9.17, 15) is 4.79 Å². The number of methoxy groups -OCH3 is 2. The summed E-state index contributed by atoms with van der Waals surface area (Å²) in [6.45, 7) is 4.92. The van der Waals surface area contributed by atoms with E-state index in [0.29, 0.717) is 29.5 Å². The Bertz CT molecular complexity index is 461. The normalized spacial score (nSPS) is 12.1. The van der Waals surface area contributed by atoms with Crippen molar-refractivity contribution < 1.29 is 14.3 Å². The number of nitrogens with one attached hydrogen (secondary N) is 1. The Balaban J connectivity index is 2.71. The molecule has 0 saturated carbocycles. The first-order valence-electron chi connectivity index (χ1n) is 7.21. The fourth-order valence-electron chi connectivity index (χ4n) is 2.24. The highest BCUT2D eigenvalue weighted by atomic mass is 79.9. The highest BCUT2D eigenvalue weighted by Crippen LogP contribution is 2.25. The summed E-state index contributed by atoms with van der Waals surface area (Å²) < 4.78 is 10.4. The number of hydrogen-bond donors (Lipinski definition) is 1. The molecular weight excluding hydrogens is 334 g/mol. The fraction of sp³-hybridized carbons (Fsp3) is 0.562. The van der Waals surface area contributed by atoms with Crippen LogP contribution in [0.1, 0.15) is 37.0 Å².